The highest BCUT2D eigenvalue weighted by Gasteiger charge is 2.50. The van der Waals surface area contributed by atoms with Crippen LogP contribution >= 0.6 is 23.2 Å². The Labute approximate surface area is 254 Å². The van der Waals surface area contributed by atoms with Gasteiger partial charge in [-0.1, -0.05) is 65.7 Å². The molecule has 1 aromatic heterocycles. The molecule has 5 rings (SSSR count). The molecule has 42 heavy (non-hydrogen) atoms. The number of fused-ring (bicyclic) bond motifs is 1. The largest absolute Gasteiger partial charge is 0.496 e. The first-order valence-corrected chi connectivity index (χ1v) is 14.2. The number of carbonyl (C=O) groups is 1. The van der Waals surface area contributed by atoms with Crippen LogP contribution in [-0.2, 0) is 34.4 Å². The zero-order valence-corrected chi connectivity index (χ0v) is 24.7. The fraction of sp³-hybridized carbons (Fsp3) is 0.281. The molecule has 1 heterocycles. The van der Waals surface area contributed by atoms with Crippen LogP contribution in [0.1, 0.15) is 34.4 Å². The van der Waals surface area contributed by atoms with E-state index >= 15 is 0 Å². The number of halogens is 2. The van der Waals surface area contributed by atoms with Crippen molar-refractivity contribution < 1.29 is 28.8 Å². The van der Waals surface area contributed by atoms with Gasteiger partial charge in [-0.05, 0) is 72.7 Å². The maximum absolute atomic E-state index is 13.2. The fourth-order valence-electron chi connectivity index (χ4n) is 5.35. The van der Waals surface area contributed by atoms with Gasteiger partial charge in [0.05, 0.1) is 26.5 Å². The molecule has 0 saturated carbocycles. The number of hydrogen-bond donors (Lipinski definition) is 1. The van der Waals surface area contributed by atoms with E-state index in [2.05, 4.69) is 9.97 Å². The van der Waals surface area contributed by atoms with Gasteiger partial charge < -0.3 is 24.1 Å². The number of hydrogen-bond acceptors (Lipinski definition) is 7. The minimum absolute atomic E-state index is 0.111. The summed E-state index contributed by atoms with van der Waals surface area (Å²) in [6.07, 6.45) is 1.21. The van der Waals surface area contributed by atoms with Crippen molar-refractivity contribution in [1.29, 1.82) is 0 Å². The van der Waals surface area contributed by atoms with Crippen LogP contribution in [0.3, 0.4) is 0 Å². The predicted molar refractivity (Wildman–Crippen MR) is 159 cm³/mol. The first-order chi connectivity index (χ1) is 20.3. The Bertz CT molecular complexity index is 1500. The molecule has 0 radical (unpaired) electrons. The molecule has 10 heteroatoms. The topological polar surface area (TPSA) is 100 Å². The Balaban J connectivity index is 1.64. The number of carboxylic acid groups (broad SMARTS) is 1. The Morgan fingerprint density at radius 1 is 0.905 bits per heavy atom. The zero-order chi connectivity index (χ0) is 29.7. The number of aliphatic carboxylic acids is 1. The summed E-state index contributed by atoms with van der Waals surface area (Å²) in [4.78, 5) is 22.2. The molecule has 1 aliphatic rings. The third kappa shape index (κ3) is 6.02. The van der Waals surface area contributed by atoms with Crippen molar-refractivity contribution in [1.82, 2.24) is 9.97 Å². The predicted octanol–water partition coefficient (Wildman–Crippen LogP) is 6.32. The summed E-state index contributed by atoms with van der Waals surface area (Å²) in [5.41, 5.74) is 1.94. The number of benzene rings is 3. The van der Waals surface area contributed by atoms with E-state index in [0.717, 1.165) is 36.1 Å². The molecule has 4 aromatic rings. The number of ether oxygens (including phenoxy) is 4. The Hall–Kier alpha value is -3.85. The fourth-order valence-corrected chi connectivity index (χ4v) is 5.60. The van der Waals surface area contributed by atoms with Crippen LogP contribution in [0, 0.1) is 0 Å². The summed E-state index contributed by atoms with van der Waals surface area (Å²) in [6, 6.07) is 21.1. The first-order valence-electron chi connectivity index (χ1n) is 13.5. The number of carboxylic acids is 1. The molecule has 0 fully saturated rings. The van der Waals surface area contributed by atoms with Gasteiger partial charge >= 0.3 is 12.0 Å². The van der Waals surface area contributed by atoms with E-state index in [1.807, 2.05) is 24.3 Å². The van der Waals surface area contributed by atoms with E-state index in [4.69, 9.17) is 42.1 Å². The lowest BCUT2D eigenvalue weighted by atomic mass is 9.81. The molecular formula is C32H30Cl2N2O6. The van der Waals surface area contributed by atoms with E-state index in [-0.39, 0.29) is 12.6 Å². The summed E-state index contributed by atoms with van der Waals surface area (Å²) >= 11 is 12.5. The van der Waals surface area contributed by atoms with Gasteiger partial charge in [-0.3, -0.25) is 0 Å². The second-order valence-corrected chi connectivity index (χ2v) is 10.7. The molecule has 0 saturated heterocycles. The molecule has 218 valence electrons. The quantitative estimate of drug-likeness (QED) is 0.199. The van der Waals surface area contributed by atoms with Gasteiger partial charge in [0, 0.05) is 15.6 Å². The van der Waals surface area contributed by atoms with Crippen LogP contribution in [0.5, 0.6) is 17.6 Å². The van der Waals surface area contributed by atoms with Gasteiger partial charge in [0.15, 0.2) is 5.60 Å². The summed E-state index contributed by atoms with van der Waals surface area (Å²) in [5.74, 6) is -0.202. The number of rotatable bonds is 12. The number of aromatic nitrogens is 2. The number of nitrogens with zero attached hydrogens (tertiary/aromatic N) is 2. The van der Waals surface area contributed by atoms with Gasteiger partial charge in [-0.25, -0.2) is 4.79 Å². The van der Waals surface area contributed by atoms with Crippen LogP contribution in [-0.4, -0.2) is 48.0 Å². The molecule has 8 nitrogen and oxygen atoms in total. The van der Waals surface area contributed by atoms with Crippen molar-refractivity contribution in [3.63, 3.8) is 0 Å². The van der Waals surface area contributed by atoms with E-state index in [9.17, 15) is 9.90 Å². The second-order valence-electron chi connectivity index (χ2n) is 9.79. The third-order valence-electron chi connectivity index (χ3n) is 7.32. The number of para-hydroxylation sites is 1. The van der Waals surface area contributed by atoms with E-state index < -0.39 is 17.7 Å². The Kier molecular flexibility index (Phi) is 9.16. The lowest BCUT2D eigenvalue weighted by molar-refractivity contribution is -0.164. The molecule has 1 atom stereocenters. The van der Waals surface area contributed by atoms with Crippen molar-refractivity contribution in [3.05, 3.63) is 111 Å². The minimum atomic E-state index is -1.67. The summed E-state index contributed by atoms with van der Waals surface area (Å²) in [5, 5.41) is 11.7. The van der Waals surface area contributed by atoms with Gasteiger partial charge in [0.2, 0.25) is 12.0 Å². The molecule has 3 aromatic carbocycles. The van der Waals surface area contributed by atoms with Gasteiger partial charge in [-0.15, -0.1) is 0 Å². The van der Waals surface area contributed by atoms with Crippen molar-refractivity contribution >= 4 is 29.2 Å². The molecule has 0 aliphatic heterocycles. The van der Waals surface area contributed by atoms with Crippen LogP contribution in [0.25, 0.3) is 0 Å². The second kappa shape index (κ2) is 13.0. The molecule has 0 spiro atoms. The third-order valence-corrected chi connectivity index (χ3v) is 7.83. The lowest BCUT2D eigenvalue weighted by Crippen LogP contribution is -2.51. The maximum Gasteiger partial charge on any atom is 0.348 e. The standard InChI is InChI=1S/C32H30Cl2N2O6/c1-39-27-9-4-3-6-20(27)18-19-41-32(21-10-14-23(33)15-11-21,22-12-16-24(34)17-13-22)28(30(37)38)42-31-35-26-8-5-7-25(26)29(36-31)40-2/h3-4,6,9-17,28H,5,7-8,18-19H2,1-2H3,(H,37,38). The van der Waals surface area contributed by atoms with E-state index in [1.165, 1.54) is 7.11 Å². The average Bonchev–Trinajstić information content (AvgIpc) is 3.48. The molecule has 0 bridgehead atoms. The van der Waals surface area contributed by atoms with E-state index in [1.54, 1.807) is 55.6 Å². The molecular weight excluding hydrogens is 579 g/mol. The van der Waals surface area contributed by atoms with Crippen molar-refractivity contribution in [3.8, 4) is 17.6 Å². The van der Waals surface area contributed by atoms with Gasteiger partial charge in [-0.2, -0.15) is 9.97 Å². The highest BCUT2D eigenvalue weighted by atomic mass is 35.5. The maximum atomic E-state index is 13.2. The Morgan fingerprint density at radius 3 is 2.14 bits per heavy atom. The smallest absolute Gasteiger partial charge is 0.348 e. The molecule has 1 N–H and O–H groups in total. The monoisotopic (exact) mass is 608 g/mol. The van der Waals surface area contributed by atoms with Crippen LogP contribution in [0.4, 0.5) is 0 Å². The number of aryl methyl sites for hydroxylation is 1. The molecule has 0 amide bonds. The highest BCUT2D eigenvalue weighted by molar-refractivity contribution is 6.30. The lowest BCUT2D eigenvalue weighted by Gasteiger charge is -2.39. The number of methoxy groups -OCH3 is 2. The summed E-state index contributed by atoms with van der Waals surface area (Å²) < 4.78 is 23.9. The molecule has 1 aliphatic carbocycles. The minimum Gasteiger partial charge on any atom is -0.496 e. The van der Waals surface area contributed by atoms with Crippen LogP contribution in [0.15, 0.2) is 72.8 Å². The average molecular weight is 610 g/mol. The molecule has 1 unspecified atom stereocenters. The van der Waals surface area contributed by atoms with E-state index in [0.29, 0.717) is 39.2 Å². The van der Waals surface area contributed by atoms with Crippen molar-refractivity contribution in [2.45, 2.75) is 37.4 Å². The first kappa shape index (κ1) is 29.6. The van der Waals surface area contributed by atoms with Gasteiger partial charge in [0.1, 0.15) is 5.75 Å². The summed E-state index contributed by atoms with van der Waals surface area (Å²) in [7, 11) is 3.12. The normalized spacial score (nSPS) is 13.3. The van der Waals surface area contributed by atoms with Crippen LogP contribution in [0.2, 0.25) is 10.0 Å². The Morgan fingerprint density at radius 2 is 1.55 bits per heavy atom. The highest BCUT2D eigenvalue weighted by Crippen LogP contribution is 2.41. The van der Waals surface area contributed by atoms with Crippen LogP contribution < -0.4 is 14.2 Å². The van der Waals surface area contributed by atoms with Gasteiger partial charge in [0.25, 0.3) is 0 Å². The SMILES string of the molecule is COc1ccccc1CCOC(c1ccc(Cl)cc1)(c1ccc(Cl)cc1)C(Oc1nc2c(c(OC)n1)CCC2)C(=O)O. The van der Waals surface area contributed by atoms with Crippen molar-refractivity contribution in [2.75, 3.05) is 20.8 Å². The summed E-state index contributed by atoms with van der Waals surface area (Å²) in [6.45, 7) is 0.118. The zero-order valence-electron chi connectivity index (χ0n) is 23.2. The van der Waals surface area contributed by atoms with Crippen molar-refractivity contribution in [2.24, 2.45) is 0 Å².